The second-order valence-electron chi connectivity index (χ2n) is 7.84. The molecule has 0 saturated carbocycles. The molecule has 0 heterocycles. The minimum absolute atomic E-state index is 0.234. The van der Waals surface area contributed by atoms with Gasteiger partial charge in [0.25, 0.3) is 0 Å². The summed E-state index contributed by atoms with van der Waals surface area (Å²) < 4.78 is 0. The van der Waals surface area contributed by atoms with Crippen molar-refractivity contribution in [1.82, 2.24) is 0 Å². The molecule has 0 amide bonds. The van der Waals surface area contributed by atoms with Gasteiger partial charge in [0.1, 0.15) is 0 Å². The Kier molecular flexibility index (Phi) is 7.58. The van der Waals surface area contributed by atoms with Crippen molar-refractivity contribution in [3.8, 4) is 0 Å². The van der Waals surface area contributed by atoms with E-state index in [-0.39, 0.29) is 10.8 Å². The summed E-state index contributed by atoms with van der Waals surface area (Å²) in [5, 5.41) is 0. The van der Waals surface area contributed by atoms with Gasteiger partial charge in [0.05, 0.1) is 0 Å². The Morgan fingerprint density at radius 2 is 0.955 bits per heavy atom. The smallest absolute Gasteiger partial charge is 0.00773 e. The standard InChI is InChI=1S/C20H36N2/c1-19(2,13-5-7-15-21)17-9-11-18(12-10-17)20(3,4)14-6-8-16-22/h9-12H,5-8,13-16,21-22H2,1-4H3. The molecular formula is C20H36N2. The molecule has 22 heavy (non-hydrogen) atoms. The molecule has 0 atom stereocenters. The Morgan fingerprint density at radius 3 is 1.23 bits per heavy atom. The lowest BCUT2D eigenvalue weighted by atomic mass is 9.76. The van der Waals surface area contributed by atoms with E-state index in [1.54, 1.807) is 0 Å². The summed E-state index contributed by atoms with van der Waals surface area (Å²) in [6.07, 6.45) is 7.05. The van der Waals surface area contributed by atoms with E-state index in [9.17, 15) is 0 Å². The molecule has 0 aliphatic heterocycles. The third-order valence-corrected chi connectivity index (χ3v) is 4.96. The molecule has 4 N–H and O–H groups in total. The van der Waals surface area contributed by atoms with Crippen LogP contribution in [-0.4, -0.2) is 13.1 Å². The van der Waals surface area contributed by atoms with E-state index in [0.717, 1.165) is 25.9 Å². The van der Waals surface area contributed by atoms with E-state index in [1.807, 2.05) is 0 Å². The maximum Gasteiger partial charge on any atom is -0.00773 e. The summed E-state index contributed by atoms with van der Waals surface area (Å²) in [5.41, 5.74) is 14.6. The second kappa shape index (κ2) is 8.69. The highest BCUT2D eigenvalue weighted by Gasteiger charge is 2.23. The predicted octanol–water partition coefficient (Wildman–Crippen LogP) is 4.50. The van der Waals surface area contributed by atoms with Crippen LogP contribution in [0, 0.1) is 0 Å². The van der Waals surface area contributed by atoms with Crippen molar-refractivity contribution in [2.45, 2.75) is 77.0 Å². The molecule has 0 bridgehead atoms. The number of unbranched alkanes of at least 4 members (excludes halogenated alkanes) is 2. The highest BCUT2D eigenvalue weighted by molar-refractivity contribution is 5.31. The van der Waals surface area contributed by atoms with Crippen LogP contribution in [0.5, 0.6) is 0 Å². The van der Waals surface area contributed by atoms with Crippen LogP contribution in [0.3, 0.4) is 0 Å². The largest absolute Gasteiger partial charge is 0.330 e. The maximum absolute atomic E-state index is 5.61. The molecule has 2 nitrogen and oxygen atoms in total. The molecule has 2 heteroatoms. The first-order valence-electron chi connectivity index (χ1n) is 8.84. The first-order chi connectivity index (χ1) is 10.3. The molecule has 0 unspecified atom stereocenters. The van der Waals surface area contributed by atoms with E-state index >= 15 is 0 Å². The summed E-state index contributed by atoms with van der Waals surface area (Å²) >= 11 is 0. The van der Waals surface area contributed by atoms with Gasteiger partial charge in [-0.2, -0.15) is 0 Å². The quantitative estimate of drug-likeness (QED) is 0.625. The minimum Gasteiger partial charge on any atom is -0.330 e. The molecule has 126 valence electrons. The molecule has 0 radical (unpaired) electrons. The number of hydrogen-bond donors (Lipinski definition) is 2. The van der Waals surface area contributed by atoms with E-state index in [1.165, 1.54) is 36.8 Å². The van der Waals surface area contributed by atoms with Gasteiger partial charge in [0.2, 0.25) is 0 Å². The van der Waals surface area contributed by atoms with Crippen LogP contribution in [-0.2, 0) is 10.8 Å². The Balaban J connectivity index is 2.72. The second-order valence-corrected chi connectivity index (χ2v) is 7.84. The zero-order valence-electron chi connectivity index (χ0n) is 15.1. The normalized spacial score (nSPS) is 12.6. The molecule has 1 aromatic rings. The van der Waals surface area contributed by atoms with Gasteiger partial charge >= 0.3 is 0 Å². The lowest BCUT2D eigenvalue weighted by molar-refractivity contribution is 0.446. The summed E-state index contributed by atoms with van der Waals surface area (Å²) in [6, 6.07) is 9.29. The van der Waals surface area contributed by atoms with Crippen LogP contribution >= 0.6 is 0 Å². The van der Waals surface area contributed by atoms with Gasteiger partial charge in [-0.15, -0.1) is 0 Å². The van der Waals surface area contributed by atoms with Crippen LogP contribution in [0.15, 0.2) is 24.3 Å². The highest BCUT2D eigenvalue weighted by atomic mass is 14.5. The molecule has 0 aliphatic carbocycles. The average Bonchev–Trinajstić information content (AvgIpc) is 2.48. The van der Waals surface area contributed by atoms with E-state index < -0.39 is 0 Å². The highest BCUT2D eigenvalue weighted by Crippen LogP contribution is 2.33. The zero-order chi connectivity index (χ0) is 16.6. The molecule has 0 fully saturated rings. The third-order valence-electron chi connectivity index (χ3n) is 4.96. The average molecular weight is 305 g/mol. The fourth-order valence-corrected chi connectivity index (χ4v) is 3.08. The monoisotopic (exact) mass is 304 g/mol. The van der Waals surface area contributed by atoms with Crippen molar-refractivity contribution in [3.05, 3.63) is 35.4 Å². The maximum atomic E-state index is 5.61. The Morgan fingerprint density at radius 1 is 0.636 bits per heavy atom. The van der Waals surface area contributed by atoms with E-state index in [4.69, 9.17) is 11.5 Å². The van der Waals surface area contributed by atoms with Crippen molar-refractivity contribution in [3.63, 3.8) is 0 Å². The summed E-state index contributed by atoms with van der Waals surface area (Å²) in [6.45, 7) is 10.9. The van der Waals surface area contributed by atoms with Gasteiger partial charge < -0.3 is 11.5 Å². The van der Waals surface area contributed by atoms with E-state index in [0.29, 0.717) is 0 Å². The van der Waals surface area contributed by atoms with Crippen molar-refractivity contribution < 1.29 is 0 Å². The minimum atomic E-state index is 0.234. The Bertz CT molecular complexity index is 377. The fraction of sp³-hybridized carbons (Fsp3) is 0.700. The number of rotatable bonds is 10. The van der Waals surface area contributed by atoms with Crippen LogP contribution in [0.4, 0.5) is 0 Å². The van der Waals surface area contributed by atoms with Crippen molar-refractivity contribution in [1.29, 1.82) is 0 Å². The molecule has 0 spiro atoms. The van der Waals surface area contributed by atoms with Gasteiger partial charge in [-0.05, 0) is 60.7 Å². The van der Waals surface area contributed by atoms with Crippen LogP contribution in [0.25, 0.3) is 0 Å². The van der Waals surface area contributed by atoms with Crippen molar-refractivity contribution >= 4 is 0 Å². The predicted molar refractivity (Wildman–Crippen MR) is 98.3 cm³/mol. The number of benzene rings is 1. The zero-order valence-corrected chi connectivity index (χ0v) is 15.1. The SMILES string of the molecule is CC(C)(CCCCN)c1ccc(C(C)(C)CCCCN)cc1. The first-order valence-corrected chi connectivity index (χ1v) is 8.84. The molecule has 1 aromatic carbocycles. The van der Waals surface area contributed by atoms with Crippen LogP contribution in [0.2, 0.25) is 0 Å². The lowest BCUT2D eigenvalue weighted by Crippen LogP contribution is -2.20. The van der Waals surface area contributed by atoms with Gasteiger partial charge in [-0.25, -0.2) is 0 Å². The fourth-order valence-electron chi connectivity index (χ4n) is 3.08. The van der Waals surface area contributed by atoms with E-state index in [2.05, 4.69) is 52.0 Å². The molecule has 1 rings (SSSR count). The Labute approximate surface area is 137 Å². The molecule has 0 aromatic heterocycles. The lowest BCUT2D eigenvalue weighted by Gasteiger charge is -2.29. The summed E-state index contributed by atoms with van der Waals surface area (Å²) in [5.74, 6) is 0. The first kappa shape index (κ1) is 19.2. The van der Waals surface area contributed by atoms with Crippen molar-refractivity contribution in [2.75, 3.05) is 13.1 Å². The van der Waals surface area contributed by atoms with Crippen LogP contribution < -0.4 is 11.5 Å². The topological polar surface area (TPSA) is 52.0 Å². The third kappa shape index (κ3) is 5.73. The number of nitrogens with two attached hydrogens (primary N) is 2. The Hall–Kier alpha value is -0.860. The molecular weight excluding hydrogens is 268 g/mol. The van der Waals surface area contributed by atoms with Crippen molar-refractivity contribution in [2.24, 2.45) is 11.5 Å². The number of hydrogen-bond acceptors (Lipinski definition) is 2. The van der Waals surface area contributed by atoms with Gasteiger partial charge in [0.15, 0.2) is 0 Å². The van der Waals surface area contributed by atoms with Gasteiger partial charge in [0, 0.05) is 0 Å². The summed E-state index contributed by atoms with van der Waals surface area (Å²) in [4.78, 5) is 0. The summed E-state index contributed by atoms with van der Waals surface area (Å²) in [7, 11) is 0. The molecule has 0 aliphatic rings. The van der Waals surface area contributed by atoms with Gasteiger partial charge in [-0.3, -0.25) is 0 Å². The molecule has 0 saturated heterocycles. The van der Waals surface area contributed by atoms with Gasteiger partial charge in [-0.1, -0.05) is 64.8 Å². The van der Waals surface area contributed by atoms with Crippen LogP contribution in [0.1, 0.15) is 77.3 Å².